The first kappa shape index (κ1) is 14.7. The number of hydrogen-bond acceptors (Lipinski definition) is 4. The van der Waals surface area contributed by atoms with Gasteiger partial charge in [0.2, 0.25) is 0 Å². The summed E-state index contributed by atoms with van der Waals surface area (Å²) >= 11 is 0. The molecule has 110 valence electrons. The lowest BCUT2D eigenvalue weighted by molar-refractivity contribution is 0.505. The van der Waals surface area contributed by atoms with Crippen LogP contribution in [0.25, 0.3) is 0 Å². The van der Waals surface area contributed by atoms with Crippen molar-refractivity contribution in [3.8, 4) is 0 Å². The van der Waals surface area contributed by atoms with Crippen LogP contribution in [0.5, 0.6) is 0 Å². The molecule has 2 aromatic rings. The highest BCUT2D eigenvalue weighted by molar-refractivity contribution is 5.29. The molecule has 2 rings (SSSR count). The average Bonchev–Trinajstić information content (AvgIpc) is 2.95. The van der Waals surface area contributed by atoms with Crippen LogP contribution >= 0.6 is 0 Å². The summed E-state index contributed by atoms with van der Waals surface area (Å²) in [6.45, 7) is 10.2. The van der Waals surface area contributed by atoms with Crippen LogP contribution in [0, 0.1) is 13.8 Å². The fourth-order valence-corrected chi connectivity index (χ4v) is 2.71. The van der Waals surface area contributed by atoms with Gasteiger partial charge in [-0.15, -0.1) is 0 Å². The van der Waals surface area contributed by atoms with Crippen molar-refractivity contribution in [2.45, 2.75) is 46.7 Å². The molecule has 0 bridgehead atoms. The van der Waals surface area contributed by atoms with E-state index in [1.807, 2.05) is 16.4 Å². The Morgan fingerprint density at radius 3 is 2.60 bits per heavy atom. The third kappa shape index (κ3) is 2.75. The quantitative estimate of drug-likeness (QED) is 0.869. The molecule has 0 fully saturated rings. The summed E-state index contributed by atoms with van der Waals surface area (Å²) in [7, 11) is 1.99. The Bertz CT molecular complexity index is 568. The third-order valence-corrected chi connectivity index (χ3v) is 3.75. The number of hydrogen-bond donors (Lipinski definition) is 1. The Labute approximate surface area is 120 Å². The minimum atomic E-state index is 0.225. The van der Waals surface area contributed by atoms with Crippen molar-refractivity contribution in [2.75, 3.05) is 6.54 Å². The van der Waals surface area contributed by atoms with Crippen molar-refractivity contribution < 1.29 is 0 Å². The van der Waals surface area contributed by atoms with Gasteiger partial charge in [-0.1, -0.05) is 6.92 Å². The van der Waals surface area contributed by atoms with Crippen LogP contribution < -0.4 is 5.32 Å². The van der Waals surface area contributed by atoms with Crippen LogP contribution in [-0.4, -0.2) is 31.1 Å². The molecule has 20 heavy (non-hydrogen) atoms. The lowest BCUT2D eigenvalue weighted by atomic mass is 10.0. The third-order valence-electron chi connectivity index (χ3n) is 3.75. The van der Waals surface area contributed by atoms with Gasteiger partial charge in [0.05, 0.1) is 5.69 Å². The van der Waals surface area contributed by atoms with Crippen molar-refractivity contribution >= 4 is 0 Å². The van der Waals surface area contributed by atoms with Crippen LogP contribution in [0.2, 0.25) is 0 Å². The Balaban J connectivity index is 2.32. The molecule has 6 heteroatoms. The van der Waals surface area contributed by atoms with Crippen LogP contribution in [-0.2, 0) is 20.0 Å². The standard InChI is InChI=1S/C14H24N6/c1-6-15-12(8-13-16-9-17-20(13)7-2)14-10(3)18-19(5)11(14)4/h9,12,15H,6-8H2,1-5H3. The van der Waals surface area contributed by atoms with E-state index in [-0.39, 0.29) is 6.04 Å². The van der Waals surface area contributed by atoms with Crippen LogP contribution in [0.4, 0.5) is 0 Å². The molecule has 2 heterocycles. The van der Waals surface area contributed by atoms with E-state index in [1.54, 1.807) is 6.33 Å². The van der Waals surface area contributed by atoms with E-state index in [0.717, 1.165) is 31.0 Å². The molecule has 0 radical (unpaired) electrons. The molecule has 0 aliphatic carbocycles. The highest BCUT2D eigenvalue weighted by Gasteiger charge is 2.21. The van der Waals surface area contributed by atoms with Gasteiger partial charge in [-0.3, -0.25) is 9.36 Å². The smallest absolute Gasteiger partial charge is 0.138 e. The molecule has 1 N–H and O–H groups in total. The SMILES string of the molecule is CCNC(Cc1ncnn1CC)c1c(C)nn(C)c1C. The second-order valence-electron chi connectivity index (χ2n) is 5.01. The van der Waals surface area contributed by atoms with E-state index in [1.165, 1.54) is 11.3 Å². The van der Waals surface area contributed by atoms with Crippen molar-refractivity contribution in [3.63, 3.8) is 0 Å². The predicted octanol–water partition coefficient (Wildman–Crippen LogP) is 1.54. The number of aromatic nitrogens is 5. The fourth-order valence-electron chi connectivity index (χ4n) is 2.71. The van der Waals surface area contributed by atoms with Crippen LogP contribution in [0.15, 0.2) is 6.33 Å². The maximum absolute atomic E-state index is 4.52. The van der Waals surface area contributed by atoms with Gasteiger partial charge in [-0.05, 0) is 27.3 Å². The maximum atomic E-state index is 4.52. The summed E-state index contributed by atoms with van der Waals surface area (Å²) in [5.74, 6) is 1.01. The van der Waals surface area contributed by atoms with Gasteiger partial charge >= 0.3 is 0 Å². The lowest BCUT2D eigenvalue weighted by Gasteiger charge is -2.18. The zero-order valence-corrected chi connectivity index (χ0v) is 13.0. The first-order chi connectivity index (χ1) is 9.58. The summed E-state index contributed by atoms with van der Waals surface area (Å²) < 4.78 is 3.89. The molecule has 6 nitrogen and oxygen atoms in total. The Hall–Kier alpha value is -1.69. The monoisotopic (exact) mass is 276 g/mol. The van der Waals surface area contributed by atoms with Gasteiger partial charge < -0.3 is 5.32 Å². The first-order valence-corrected chi connectivity index (χ1v) is 7.18. The molecule has 0 saturated carbocycles. The molecule has 2 aromatic heterocycles. The molecule has 0 amide bonds. The molecule has 1 atom stereocenters. The van der Waals surface area contributed by atoms with Crippen LogP contribution in [0.1, 0.15) is 42.7 Å². The summed E-state index contributed by atoms with van der Waals surface area (Å²) in [5.41, 5.74) is 3.56. The Morgan fingerprint density at radius 2 is 2.05 bits per heavy atom. The number of nitrogens with one attached hydrogen (secondary N) is 1. The Kier molecular flexibility index (Phi) is 4.54. The van der Waals surface area contributed by atoms with Gasteiger partial charge in [0.15, 0.2) is 0 Å². The topological polar surface area (TPSA) is 60.6 Å². The Morgan fingerprint density at radius 1 is 1.30 bits per heavy atom. The van der Waals surface area contributed by atoms with E-state index in [2.05, 4.69) is 48.2 Å². The van der Waals surface area contributed by atoms with E-state index < -0.39 is 0 Å². The second kappa shape index (κ2) is 6.17. The number of aryl methyl sites for hydroxylation is 3. The van der Waals surface area contributed by atoms with Crippen LogP contribution in [0.3, 0.4) is 0 Å². The zero-order chi connectivity index (χ0) is 14.7. The van der Waals surface area contributed by atoms with Crippen molar-refractivity contribution in [1.29, 1.82) is 0 Å². The molecular weight excluding hydrogens is 252 g/mol. The molecule has 0 aliphatic rings. The van der Waals surface area contributed by atoms with E-state index >= 15 is 0 Å². The summed E-state index contributed by atoms with van der Waals surface area (Å²) in [5, 5.41) is 12.3. The van der Waals surface area contributed by atoms with Gasteiger partial charge in [0, 0.05) is 37.3 Å². The van der Waals surface area contributed by atoms with Crippen molar-refractivity contribution in [2.24, 2.45) is 7.05 Å². The molecule has 0 aliphatic heterocycles. The minimum Gasteiger partial charge on any atom is -0.310 e. The van der Waals surface area contributed by atoms with Gasteiger partial charge in [-0.25, -0.2) is 4.98 Å². The lowest BCUT2D eigenvalue weighted by Crippen LogP contribution is -2.25. The van der Waals surface area contributed by atoms with Gasteiger partial charge in [0.25, 0.3) is 0 Å². The van der Waals surface area contributed by atoms with Gasteiger partial charge in [-0.2, -0.15) is 10.2 Å². The number of rotatable bonds is 6. The predicted molar refractivity (Wildman–Crippen MR) is 78.5 cm³/mol. The largest absolute Gasteiger partial charge is 0.310 e. The fraction of sp³-hybridized carbons (Fsp3) is 0.643. The van der Waals surface area contributed by atoms with Gasteiger partial charge in [0.1, 0.15) is 12.2 Å². The zero-order valence-electron chi connectivity index (χ0n) is 13.0. The molecule has 1 unspecified atom stereocenters. The highest BCUT2D eigenvalue weighted by atomic mass is 15.3. The summed E-state index contributed by atoms with van der Waals surface area (Å²) in [6, 6.07) is 0.225. The van der Waals surface area contributed by atoms with Crippen molar-refractivity contribution in [3.05, 3.63) is 29.1 Å². The molecule has 0 spiro atoms. The number of nitrogens with zero attached hydrogens (tertiary/aromatic N) is 5. The van der Waals surface area contributed by atoms with E-state index in [0.29, 0.717) is 0 Å². The molecule has 0 saturated heterocycles. The average molecular weight is 276 g/mol. The van der Waals surface area contributed by atoms with E-state index in [9.17, 15) is 0 Å². The first-order valence-electron chi connectivity index (χ1n) is 7.18. The minimum absolute atomic E-state index is 0.225. The summed E-state index contributed by atoms with van der Waals surface area (Å²) in [4.78, 5) is 4.39. The van der Waals surface area contributed by atoms with Crippen molar-refractivity contribution in [1.82, 2.24) is 29.9 Å². The number of likely N-dealkylation sites (N-methyl/N-ethyl adjacent to an activating group) is 1. The highest BCUT2D eigenvalue weighted by Crippen LogP contribution is 2.24. The maximum Gasteiger partial charge on any atom is 0.138 e. The molecular formula is C14H24N6. The van der Waals surface area contributed by atoms with E-state index in [4.69, 9.17) is 0 Å². The normalized spacial score (nSPS) is 12.8. The second-order valence-corrected chi connectivity index (χ2v) is 5.01. The summed E-state index contributed by atoms with van der Waals surface area (Å²) in [6.07, 6.45) is 2.46. The molecule has 0 aromatic carbocycles.